The monoisotopic (exact) mass is 154 g/mol. The first kappa shape index (κ1) is 7.81. The largest absolute Gasteiger partial charge is 0.316 e. The number of nitrogens with two attached hydrogens (primary N) is 2. The first-order chi connectivity index (χ1) is 4.55. The van der Waals surface area contributed by atoms with E-state index in [2.05, 4.69) is 0 Å². The third-order valence-electron chi connectivity index (χ3n) is 1.79. The molecular weight excluding hydrogens is 145 g/mol. The molecule has 60 valence electrons. The number of hydrogen-bond acceptors (Lipinski definition) is 2. The van der Waals surface area contributed by atoms with E-state index in [1.165, 1.54) is 0 Å². The number of rotatable bonds is 1. The number of halogens is 3. The predicted molar refractivity (Wildman–Crippen MR) is 30.3 cm³/mol. The smallest absolute Gasteiger partial charge is 0.163 e. The van der Waals surface area contributed by atoms with Gasteiger partial charge in [-0.25, -0.2) is 13.2 Å². The van der Waals surface area contributed by atoms with Crippen LogP contribution in [-0.2, 0) is 0 Å². The van der Waals surface area contributed by atoms with Gasteiger partial charge in [-0.05, 0) is 0 Å². The first-order valence-electron chi connectivity index (χ1n) is 2.99. The minimum Gasteiger partial charge on any atom is -0.316 e. The molecule has 1 rings (SSSR count). The van der Waals surface area contributed by atoms with Gasteiger partial charge in [0.05, 0.1) is 12.1 Å². The van der Waals surface area contributed by atoms with Crippen LogP contribution in [-0.4, -0.2) is 24.7 Å². The zero-order valence-corrected chi connectivity index (χ0v) is 5.18. The molecule has 1 fully saturated rings. The molecule has 0 aromatic rings. The zero-order chi connectivity index (χ0) is 7.89. The quantitative estimate of drug-likeness (QED) is 0.517. The molecule has 10 heavy (non-hydrogen) atoms. The van der Waals surface area contributed by atoms with E-state index in [0.29, 0.717) is 0 Å². The van der Waals surface area contributed by atoms with Crippen molar-refractivity contribution in [1.29, 1.82) is 0 Å². The summed E-state index contributed by atoms with van der Waals surface area (Å²) in [4.78, 5) is 0. The standard InChI is InChI=1S/C5H9F3N2/c6-2-1(5(9)10)3(7)4(2)8/h1-5H,9-10H2. The van der Waals surface area contributed by atoms with Crippen LogP contribution in [0.4, 0.5) is 13.2 Å². The summed E-state index contributed by atoms with van der Waals surface area (Å²) in [5.74, 6) is -1.16. The van der Waals surface area contributed by atoms with Crippen molar-refractivity contribution in [2.24, 2.45) is 17.4 Å². The van der Waals surface area contributed by atoms with Gasteiger partial charge in [-0.15, -0.1) is 0 Å². The lowest BCUT2D eigenvalue weighted by atomic mass is 9.77. The van der Waals surface area contributed by atoms with E-state index in [-0.39, 0.29) is 0 Å². The van der Waals surface area contributed by atoms with E-state index >= 15 is 0 Å². The maximum atomic E-state index is 12.3. The average Bonchev–Trinajstić information content (AvgIpc) is 1.87. The lowest BCUT2D eigenvalue weighted by Crippen LogP contribution is -2.62. The van der Waals surface area contributed by atoms with Gasteiger partial charge in [-0.2, -0.15) is 0 Å². The second kappa shape index (κ2) is 2.39. The molecule has 0 aromatic carbocycles. The van der Waals surface area contributed by atoms with Gasteiger partial charge in [0, 0.05) is 0 Å². The van der Waals surface area contributed by atoms with Crippen molar-refractivity contribution < 1.29 is 13.2 Å². The Morgan fingerprint density at radius 2 is 1.30 bits per heavy atom. The Morgan fingerprint density at radius 1 is 0.900 bits per heavy atom. The van der Waals surface area contributed by atoms with E-state index in [1.54, 1.807) is 0 Å². The molecule has 0 saturated heterocycles. The highest BCUT2D eigenvalue weighted by atomic mass is 19.2. The molecule has 0 spiro atoms. The molecule has 1 aliphatic rings. The van der Waals surface area contributed by atoms with Gasteiger partial charge in [-0.1, -0.05) is 0 Å². The molecule has 0 radical (unpaired) electrons. The van der Waals surface area contributed by atoms with E-state index in [4.69, 9.17) is 11.5 Å². The maximum Gasteiger partial charge on any atom is 0.163 e. The Balaban J connectivity index is 2.49. The van der Waals surface area contributed by atoms with Crippen LogP contribution in [0.5, 0.6) is 0 Å². The highest BCUT2D eigenvalue weighted by molar-refractivity contribution is 5.01. The third kappa shape index (κ3) is 0.894. The molecule has 2 nitrogen and oxygen atoms in total. The minimum atomic E-state index is -2.03. The van der Waals surface area contributed by atoms with Gasteiger partial charge in [0.2, 0.25) is 0 Å². The molecule has 1 aliphatic carbocycles. The Kier molecular flexibility index (Phi) is 1.87. The average molecular weight is 154 g/mol. The van der Waals surface area contributed by atoms with Gasteiger partial charge in [-0.3, -0.25) is 0 Å². The van der Waals surface area contributed by atoms with Crippen LogP contribution in [0.3, 0.4) is 0 Å². The lowest BCUT2D eigenvalue weighted by Gasteiger charge is -2.40. The normalized spacial score (nSPS) is 47.4. The molecule has 2 atom stereocenters. The first-order valence-corrected chi connectivity index (χ1v) is 2.99. The summed E-state index contributed by atoms with van der Waals surface area (Å²) in [6, 6.07) is 0. The lowest BCUT2D eigenvalue weighted by molar-refractivity contribution is -0.0927. The SMILES string of the molecule is NC(N)C1C(F)C(F)C1F. The van der Waals surface area contributed by atoms with E-state index in [1.807, 2.05) is 0 Å². The molecule has 0 amide bonds. The van der Waals surface area contributed by atoms with E-state index in [0.717, 1.165) is 0 Å². The van der Waals surface area contributed by atoms with Gasteiger partial charge >= 0.3 is 0 Å². The number of alkyl halides is 3. The summed E-state index contributed by atoms with van der Waals surface area (Å²) >= 11 is 0. The van der Waals surface area contributed by atoms with Crippen molar-refractivity contribution in [3.63, 3.8) is 0 Å². The Morgan fingerprint density at radius 3 is 1.50 bits per heavy atom. The van der Waals surface area contributed by atoms with Crippen molar-refractivity contribution in [3.8, 4) is 0 Å². The maximum absolute atomic E-state index is 12.3. The molecular formula is C5H9F3N2. The molecule has 0 heterocycles. The summed E-state index contributed by atoms with van der Waals surface area (Å²) in [7, 11) is 0. The Labute approximate surface area is 56.4 Å². The van der Waals surface area contributed by atoms with Crippen molar-refractivity contribution in [1.82, 2.24) is 0 Å². The van der Waals surface area contributed by atoms with Crippen LogP contribution in [0.1, 0.15) is 0 Å². The van der Waals surface area contributed by atoms with Crippen LogP contribution < -0.4 is 11.5 Å². The summed E-state index contributed by atoms with van der Waals surface area (Å²) in [6.07, 6.45) is -6.78. The highest BCUT2D eigenvalue weighted by Gasteiger charge is 2.54. The summed E-state index contributed by atoms with van der Waals surface area (Å²) < 4.78 is 36.7. The summed E-state index contributed by atoms with van der Waals surface area (Å²) in [5.41, 5.74) is 9.94. The molecule has 5 heteroatoms. The van der Waals surface area contributed by atoms with Crippen LogP contribution in [0.2, 0.25) is 0 Å². The minimum absolute atomic E-state index is 1.10. The van der Waals surface area contributed by atoms with Crippen LogP contribution >= 0.6 is 0 Å². The molecule has 1 saturated carbocycles. The van der Waals surface area contributed by atoms with Crippen molar-refractivity contribution >= 4 is 0 Å². The van der Waals surface area contributed by atoms with E-state index < -0.39 is 30.6 Å². The van der Waals surface area contributed by atoms with Crippen LogP contribution in [0.25, 0.3) is 0 Å². The van der Waals surface area contributed by atoms with Crippen molar-refractivity contribution in [2.75, 3.05) is 0 Å². The van der Waals surface area contributed by atoms with E-state index in [9.17, 15) is 13.2 Å². The number of hydrogen-bond donors (Lipinski definition) is 2. The molecule has 0 aromatic heterocycles. The summed E-state index contributed by atoms with van der Waals surface area (Å²) in [5, 5.41) is 0. The topological polar surface area (TPSA) is 52.0 Å². The van der Waals surface area contributed by atoms with Crippen molar-refractivity contribution in [3.05, 3.63) is 0 Å². The fourth-order valence-electron chi connectivity index (χ4n) is 1.05. The third-order valence-corrected chi connectivity index (χ3v) is 1.79. The predicted octanol–water partition coefficient (Wildman–Crippen LogP) is -0.126. The molecule has 2 unspecified atom stereocenters. The van der Waals surface area contributed by atoms with Crippen molar-refractivity contribution in [2.45, 2.75) is 24.7 Å². The van der Waals surface area contributed by atoms with Gasteiger partial charge < -0.3 is 11.5 Å². The fraction of sp³-hybridized carbons (Fsp3) is 1.00. The molecule has 0 aliphatic heterocycles. The van der Waals surface area contributed by atoms with Gasteiger partial charge in [0.25, 0.3) is 0 Å². The van der Waals surface area contributed by atoms with Crippen LogP contribution in [0.15, 0.2) is 0 Å². The van der Waals surface area contributed by atoms with Crippen LogP contribution in [0, 0.1) is 5.92 Å². The zero-order valence-electron chi connectivity index (χ0n) is 5.18. The Hall–Kier alpha value is -0.290. The second-order valence-electron chi connectivity index (χ2n) is 2.49. The van der Waals surface area contributed by atoms with Gasteiger partial charge in [0.1, 0.15) is 12.3 Å². The molecule has 4 N–H and O–H groups in total. The highest BCUT2D eigenvalue weighted by Crippen LogP contribution is 2.37. The Bertz CT molecular complexity index is 120. The van der Waals surface area contributed by atoms with Gasteiger partial charge in [0.15, 0.2) is 6.17 Å². The second-order valence-corrected chi connectivity index (χ2v) is 2.49. The summed E-state index contributed by atoms with van der Waals surface area (Å²) in [6.45, 7) is 0. The molecule has 0 bridgehead atoms. The fourth-order valence-corrected chi connectivity index (χ4v) is 1.05.